The molecule has 0 atom stereocenters. The van der Waals surface area contributed by atoms with E-state index < -0.39 is 0 Å². The fourth-order valence-corrected chi connectivity index (χ4v) is 1.25. The minimum Gasteiger partial charge on any atom is -0.390 e. The quantitative estimate of drug-likeness (QED) is 0.612. The van der Waals surface area contributed by atoms with E-state index in [1.54, 1.807) is 0 Å². The Morgan fingerprint density at radius 3 is 1.30 bits per heavy atom. The van der Waals surface area contributed by atoms with Gasteiger partial charge < -0.3 is 10.2 Å². The first-order chi connectivity index (χ1) is 4.62. The summed E-state index contributed by atoms with van der Waals surface area (Å²) < 4.78 is 0. The molecule has 0 heterocycles. The molecule has 10 heavy (non-hydrogen) atoms. The van der Waals surface area contributed by atoms with Crippen LogP contribution in [-0.2, 0) is 0 Å². The average Bonchev–Trinajstić information content (AvgIpc) is 2.72. The smallest absolute Gasteiger partial charge is 0.0651 e. The fraction of sp³-hybridized carbons (Fsp3) is 1.00. The van der Waals surface area contributed by atoms with Gasteiger partial charge in [0.2, 0.25) is 0 Å². The molecule has 0 aromatic rings. The molecule has 2 nitrogen and oxygen atoms in total. The van der Waals surface area contributed by atoms with E-state index in [-0.39, 0.29) is 11.2 Å². The van der Waals surface area contributed by atoms with Gasteiger partial charge in [0, 0.05) is 0 Å². The average molecular weight is 142 g/mol. The number of aliphatic hydroxyl groups is 2. The third kappa shape index (κ3) is 1.32. The summed E-state index contributed by atoms with van der Waals surface area (Å²) in [7, 11) is 0. The summed E-state index contributed by atoms with van der Waals surface area (Å²) in [5.74, 6) is 0. The number of rotatable bonds is 3. The van der Waals surface area contributed by atoms with Gasteiger partial charge in [-0.1, -0.05) is 0 Å². The molecule has 0 saturated heterocycles. The second-order valence-electron chi connectivity index (χ2n) is 3.95. The molecule has 2 saturated carbocycles. The zero-order valence-electron chi connectivity index (χ0n) is 6.14. The van der Waals surface area contributed by atoms with Gasteiger partial charge >= 0.3 is 0 Å². The van der Waals surface area contributed by atoms with Crippen LogP contribution in [0, 0.1) is 0 Å². The third-order valence-corrected chi connectivity index (χ3v) is 2.71. The molecule has 0 spiro atoms. The van der Waals surface area contributed by atoms with Gasteiger partial charge in [-0.15, -0.1) is 0 Å². The van der Waals surface area contributed by atoms with Crippen molar-refractivity contribution in [3.8, 4) is 0 Å². The van der Waals surface area contributed by atoms with Gasteiger partial charge in [0.05, 0.1) is 11.2 Å². The summed E-state index contributed by atoms with van der Waals surface area (Å²) >= 11 is 0. The fourth-order valence-electron chi connectivity index (χ4n) is 1.25. The van der Waals surface area contributed by atoms with E-state index in [2.05, 4.69) is 0 Å². The lowest BCUT2D eigenvalue weighted by Crippen LogP contribution is -2.14. The normalized spacial score (nSPS) is 31.8. The lowest BCUT2D eigenvalue weighted by Gasteiger charge is -2.10. The lowest BCUT2D eigenvalue weighted by molar-refractivity contribution is 0.0862. The molecular weight excluding hydrogens is 128 g/mol. The highest BCUT2D eigenvalue weighted by molar-refractivity contribution is 4.99. The van der Waals surface area contributed by atoms with Crippen LogP contribution in [-0.4, -0.2) is 21.4 Å². The molecule has 2 aliphatic rings. The zero-order chi connectivity index (χ0) is 7.24. The van der Waals surface area contributed by atoms with Gasteiger partial charge in [0.1, 0.15) is 0 Å². The van der Waals surface area contributed by atoms with E-state index >= 15 is 0 Å². The summed E-state index contributed by atoms with van der Waals surface area (Å²) in [5, 5.41) is 18.8. The van der Waals surface area contributed by atoms with Crippen LogP contribution < -0.4 is 0 Å². The van der Waals surface area contributed by atoms with Crippen LogP contribution in [0.4, 0.5) is 0 Å². The predicted octanol–water partition coefficient (Wildman–Crippen LogP) is 0.816. The van der Waals surface area contributed by atoms with Crippen molar-refractivity contribution in [1.82, 2.24) is 0 Å². The first-order valence-corrected chi connectivity index (χ1v) is 4.07. The molecule has 2 rings (SSSR count). The van der Waals surface area contributed by atoms with E-state index in [4.69, 9.17) is 0 Å². The number of hydrogen-bond donors (Lipinski definition) is 2. The van der Waals surface area contributed by atoms with Crippen molar-refractivity contribution in [3.05, 3.63) is 0 Å². The Balaban J connectivity index is 1.72. The monoisotopic (exact) mass is 142 g/mol. The molecule has 0 unspecified atom stereocenters. The van der Waals surface area contributed by atoms with E-state index in [0.29, 0.717) is 0 Å². The van der Waals surface area contributed by atoms with Crippen LogP contribution in [0.25, 0.3) is 0 Å². The Kier molecular flexibility index (Phi) is 1.15. The molecule has 0 amide bonds. The SMILES string of the molecule is OC1(CCC2(O)CC2)CC1. The molecular formula is C8H14O2. The maximum absolute atomic E-state index is 9.41. The van der Waals surface area contributed by atoms with Crippen molar-refractivity contribution in [2.45, 2.75) is 49.7 Å². The van der Waals surface area contributed by atoms with Crippen LogP contribution in [0.1, 0.15) is 38.5 Å². The Labute approximate surface area is 60.9 Å². The van der Waals surface area contributed by atoms with Crippen LogP contribution in [0.2, 0.25) is 0 Å². The second kappa shape index (κ2) is 1.74. The van der Waals surface area contributed by atoms with Crippen molar-refractivity contribution < 1.29 is 10.2 Å². The number of hydrogen-bond acceptors (Lipinski definition) is 2. The summed E-state index contributed by atoms with van der Waals surface area (Å²) in [5.41, 5.74) is -0.726. The van der Waals surface area contributed by atoms with Gasteiger partial charge in [-0.05, 0) is 38.5 Å². The van der Waals surface area contributed by atoms with E-state index in [0.717, 1.165) is 38.5 Å². The van der Waals surface area contributed by atoms with Gasteiger partial charge in [0.15, 0.2) is 0 Å². The van der Waals surface area contributed by atoms with E-state index in [1.807, 2.05) is 0 Å². The van der Waals surface area contributed by atoms with Gasteiger partial charge in [-0.2, -0.15) is 0 Å². The zero-order valence-corrected chi connectivity index (χ0v) is 6.14. The molecule has 0 aliphatic heterocycles. The first-order valence-electron chi connectivity index (χ1n) is 4.07. The Bertz CT molecular complexity index is 127. The first kappa shape index (κ1) is 6.62. The molecule has 2 aliphatic carbocycles. The maximum atomic E-state index is 9.41. The lowest BCUT2D eigenvalue weighted by atomic mass is 10.1. The van der Waals surface area contributed by atoms with Crippen LogP contribution in [0.3, 0.4) is 0 Å². The van der Waals surface area contributed by atoms with Crippen molar-refractivity contribution in [1.29, 1.82) is 0 Å². The molecule has 58 valence electrons. The molecule has 2 fully saturated rings. The largest absolute Gasteiger partial charge is 0.390 e. The second-order valence-corrected chi connectivity index (χ2v) is 3.95. The molecule has 0 aromatic heterocycles. The van der Waals surface area contributed by atoms with Crippen molar-refractivity contribution in [2.75, 3.05) is 0 Å². The van der Waals surface area contributed by atoms with Crippen LogP contribution in [0.5, 0.6) is 0 Å². The van der Waals surface area contributed by atoms with Gasteiger partial charge in [-0.25, -0.2) is 0 Å². The summed E-state index contributed by atoms with van der Waals surface area (Å²) in [4.78, 5) is 0. The Hall–Kier alpha value is -0.0800. The molecule has 0 bridgehead atoms. The van der Waals surface area contributed by atoms with Gasteiger partial charge in [-0.3, -0.25) is 0 Å². The minimum atomic E-state index is -0.363. The molecule has 0 aromatic carbocycles. The summed E-state index contributed by atoms with van der Waals surface area (Å²) in [6.07, 6.45) is 5.41. The van der Waals surface area contributed by atoms with E-state index in [1.165, 1.54) is 0 Å². The highest BCUT2D eigenvalue weighted by Gasteiger charge is 2.46. The van der Waals surface area contributed by atoms with Crippen molar-refractivity contribution >= 4 is 0 Å². The Morgan fingerprint density at radius 1 is 0.800 bits per heavy atom. The topological polar surface area (TPSA) is 40.5 Å². The highest BCUT2D eigenvalue weighted by atomic mass is 16.3. The van der Waals surface area contributed by atoms with Gasteiger partial charge in [0.25, 0.3) is 0 Å². The third-order valence-electron chi connectivity index (χ3n) is 2.71. The van der Waals surface area contributed by atoms with E-state index in [9.17, 15) is 10.2 Å². The van der Waals surface area contributed by atoms with Crippen LogP contribution >= 0.6 is 0 Å². The standard InChI is InChI=1S/C8H14O2/c9-7(1-2-7)5-6-8(10)3-4-8/h9-10H,1-6H2. The predicted molar refractivity (Wildman–Crippen MR) is 37.6 cm³/mol. The highest BCUT2D eigenvalue weighted by Crippen LogP contribution is 2.46. The maximum Gasteiger partial charge on any atom is 0.0651 e. The summed E-state index contributed by atoms with van der Waals surface area (Å²) in [6, 6.07) is 0. The van der Waals surface area contributed by atoms with Crippen molar-refractivity contribution in [3.63, 3.8) is 0 Å². The summed E-state index contributed by atoms with van der Waals surface area (Å²) in [6.45, 7) is 0. The van der Waals surface area contributed by atoms with Crippen molar-refractivity contribution in [2.24, 2.45) is 0 Å². The molecule has 2 N–H and O–H groups in total. The molecule has 0 radical (unpaired) electrons. The Morgan fingerprint density at radius 2 is 1.10 bits per heavy atom. The molecule has 2 heteroatoms. The minimum absolute atomic E-state index is 0.363. The van der Waals surface area contributed by atoms with Crippen LogP contribution in [0.15, 0.2) is 0 Å².